The van der Waals surface area contributed by atoms with E-state index in [9.17, 15) is 0 Å². The third kappa shape index (κ3) is 0.942. The quantitative estimate of drug-likeness (QED) is 0.444. The predicted octanol–water partition coefficient (Wildman–Crippen LogP) is 2.69. The Labute approximate surface area is 61.9 Å². The highest BCUT2D eigenvalue weighted by Gasteiger charge is 2.18. The van der Waals surface area contributed by atoms with Crippen molar-refractivity contribution in [2.75, 3.05) is 0 Å². The van der Waals surface area contributed by atoms with Crippen LogP contribution in [0.15, 0.2) is 36.5 Å². The van der Waals surface area contributed by atoms with Gasteiger partial charge < -0.3 is 0 Å². The highest BCUT2D eigenvalue weighted by Crippen LogP contribution is 2.29. The fourth-order valence-corrected chi connectivity index (χ4v) is 1.71. The Hall–Kier alpha value is -0.780. The van der Waals surface area contributed by atoms with Gasteiger partial charge in [-0.3, -0.25) is 0 Å². The summed E-state index contributed by atoms with van der Waals surface area (Å²) >= 11 is 0. The molecule has 0 nitrogen and oxygen atoms in total. The molecule has 2 rings (SSSR count). The molecular formula is C10H12. The van der Waals surface area contributed by atoms with Crippen LogP contribution in [0.4, 0.5) is 0 Å². The van der Waals surface area contributed by atoms with Gasteiger partial charge in [0.15, 0.2) is 0 Å². The Morgan fingerprint density at radius 3 is 1.80 bits per heavy atom. The van der Waals surface area contributed by atoms with E-state index in [4.69, 9.17) is 0 Å². The molecule has 0 aromatic rings. The summed E-state index contributed by atoms with van der Waals surface area (Å²) in [6.07, 6.45) is 16.1. The fraction of sp³-hybridized carbons (Fsp3) is 0.400. The molecule has 0 spiro atoms. The van der Waals surface area contributed by atoms with Gasteiger partial charge in [0.25, 0.3) is 0 Å². The van der Waals surface area contributed by atoms with Gasteiger partial charge in [-0.2, -0.15) is 0 Å². The average Bonchev–Trinajstić information content (AvgIpc) is 2.05. The van der Waals surface area contributed by atoms with Crippen molar-refractivity contribution in [2.45, 2.75) is 12.8 Å². The van der Waals surface area contributed by atoms with Crippen LogP contribution in [0.2, 0.25) is 0 Å². The fourth-order valence-electron chi connectivity index (χ4n) is 1.71. The molecule has 0 aromatic carbocycles. The molecule has 52 valence electrons. The van der Waals surface area contributed by atoms with Crippen molar-refractivity contribution in [3.05, 3.63) is 36.5 Å². The summed E-state index contributed by atoms with van der Waals surface area (Å²) in [6, 6.07) is 0. The molecule has 10 heavy (non-hydrogen) atoms. The van der Waals surface area contributed by atoms with Crippen LogP contribution in [0.3, 0.4) is 0 Å². The van der Waals surface area contributed by atoms with E-state index in [0.717, 1.165) is 11.8 Å². The summed E-state index contributed by atoms with van der Waals surface area (Å²) in [4.78, 5) is 0. The molecule has 0 aromatic heterocycles. The Balaban J connectivity index is 2.19. The topological polar surface area (TPSA) is 0 Å². The van der Waals surface area contributed by atoms with Gasteiger partial charge in [-0.05, 0) is 24.7 Å². The van der Waals surface area contributed by atoms with E-state index in [0.29, 0.717) is 0 Å². The second kappa shape index (κ2) is 2.45. The van der Waals surface area contributed by atoms with Gasteiger partial charge in [-0.1, -0.05) is 36.5 Å². The maximum absolute atomic E-state index is 2.33. The lowest BCUT2D eigenvalue weighted by Crippen LogP contribution is -2.13. The maximum atomic E-state index is 2.33. The lowest BCUT2D eigenvalue weighted by molar-refractivity contribution is 0.460. The molecule has 2 atom stereocenters. The minimum Gasteiger partial charge on any atom is -0.0879 e. The van der Waals surface area contributed by atoms with Gasteiger partial charge in [-0.15, -0.1) is 0 Å². The number of hydrogen-bond acceptors (Lipinski definition) is 0. The summed E-state index contributed by atoms with van der Waals surface area (Å²) in [7, 11) is 0. The van der Waals surface area contributed by atoms with Gasteiger partial charge in [0.05, 0.1) is 0 Å². The monoisotopic (exact) mass is 132 g/mol. The van der Waals surface area contributed by atoms with Gasteiger partial charge in [0.1, 0.15) is 0 Å². The third-order valence-electron chi connectivity index (χ3n) is 2.36. The molecule has 2 aliphatic carbocycles. The van der Waals surface area contributed by atoms with Crippen LogP contribution in [-0.2, 0) is 0 Å². The van der Waals surface area contributed by atoms with E-state index < -0.39 is 0 Å². The smallest absolute Gasteiger partial charge is 0.0130 e. The molecular weight excluding hydrogens is 120 g/mol. The second-order valence-corrected chi connectivity index (χ2v) is 3.04. The third-order valence-corrected chi connectivity index (χ3v) is 2.36. The number of fused-ring (bicyclic) bond motifs is 1. The van der Waals surface area contributed by atoms with Crippen molar-refractivity contribution in [3.63, 3.8) is 0 Å². The largest absolute Gasteiger partial charge is 0.0879 e. The highest BCUT2D eigenvalue weighted by atomic mass is 14.2. The first kappa shape index (κ1) is 5.96. The minimum absolute atomic E-state index is 0.801. The first-order chi connectivity index (χ1) is 4.97. The van der Waals surface area contributed by atoms with Gasteiger partial charge >= 0.3 is 0 Å². The number of allylic oxidation sites excluding steroid dienone is 6. The molecule has 0 heterocycles. The maximum Gasteiger partial charge on any atom is -0.0130 e. The van der Waals surface area contributed by atoms with Crippen molar-refractivity contribution in [3.8, 4) is 0 Å². The van der Waals surface area contributed by atoms with Gasteiger partial charge in [0.2, 0.25) is 0 Å². The molecule has 0 N–H and O–H groups in total. The Kier molecular flexibility index (Phi) is 1.46. The first-order valence-electron chi connectivity index (χ1n) is 3.97. The van der Waals surface area contributed by atoms with E-state index in [-0.39, 0.29) is 0 Å². The molecule has 2 aliphatic rings. The van der Waals surface area contributed by atoms with Crippen LogP contribution >= 0.6 is 0 Å². The molecule has 0 fully saturated rings. The van der Waals surface area contributed by atoms with Crippen LogP contribution in [0.5, 0.6) is 0 Å². The normalized spacial score (nSPS) is 36.0. The number of rotatable bonds is 0. The SMILES string of the molecule is C1=C[C@@H]2CC=CC[C@H]2C=C1. The van der Waals surface area contributed by atoms with Crippen LogP contribution in [-0.4, -0.2) is 0 Å². The molecule has 0 unspecified atom stereocenters. The summed E-state index contributed by atoms with van der Waals surface area (Å²) in [5.74, 6) is 1.60. The van der Waals surface area contributed by atoms with Crippen LogP contribution in [0, 0.1) is 11.8 Å². The average molecular weight is 132 g/mol. The molecule has 0 saturated heterocycles. The van der Waals surface area contributed by atoms with Gasteiger partial charge in [-0.25, -0.2) is 0 Å². The lowest BCUT2D eigenvalue weighted by atomic mass is 9.81. The molecule has 0 bridgehead atoms. The zero-order valence-electron chi connectivity index (χ0n) is 6.03. The zero-order chi connectivity index (χ0) is 6.81. The Morgan fingerprint density at radius 1 is 0.800 bits per heavy atom. The van der Waals surface area contributed by atoms with Crippen LogP contribution in [0.25, 0.3) is 0 Å². The van der Waals surface area contributed by atoms with Crippen LogP contribution in [0.1, 0.15) is 12.8 Å². The van der Waals surface area contributed by atoms with Crippen LogP contribution < -0.4 is 0 Å². The summed E-state index contributed by atoms with van der Waals surface area (Å²) in [5.41, 5.74) is 0. The van der Waals surface area contributed by atoms with Crippen molar-refractivity contribution in [1.82, 2.24) is 0 Å². The lowest BCUT2D eigenvalue weighted by Gasteiger charge is -2.24. The first-order valence-corrected chi connectivity index (χ1v) is 3.97. The molecule has 0 heteroatoms. The molecule has 0 radical (unpaired) electrons. The summed E-state index contributed by atoms with van der Waals surface area (Å²) in [6.45, 7) is 0. The van der Waals surface area contributed by atoms with Crippen molar-refractivity contribution >= 4 is 0 Å². The van der Waals surface area contributed by atoms with Crippen molar-refractivity contribution < 1.29 is 0 Å². The van der Waals surface area contributed by atoms with E-state index in [2.05, 4.69) is 36.5 Å². The number of hydrogen-bond donors (Lipinski definition) is 0. The predicted molar refractivity (Wildman–Crippen MR) is 43.6 cm³/mol. The van der Waals surface area contributed by atoms with E-state index in [1.54, 1.807) is 0 Å². The van der Waals surface area contributed by atoms with E-state index in [1.165, 1.54) is 12.8 Å². The molecule has 0 aliphatic heterocycles. The zero-order valence-corrected chi connectivity index (χ0v) is 6.03. The summed E-state index contributed by atoms with van der Waals surface area (Å²) < 4.78 is 0. The van der Waals surface area contributed by atoms with E-state index >= 15 is 0 Å². The van der Waals surface area contributed by atoms with Crippen molar-refractivity contribution in [2.24, 2.45) is 11.8 Å². The standard InChI is InChI=1S/C10H12/c1-2-6-10-8-4-3-7-9(10)5-1/h1-6,9-10H,7-8H2/t9-,10-/m1/s1. The summed E-state index contributed by atoms with van der Waals surface area (Å²) in [5, 5.41) is 0. The molecule has 0 saturated carbocycles. The van der Waals surface area contributed by atoms with Gasteiger partial charge in [0, 0.05) is 0 Å². The minimum atomic E-state index is 0.801. The molecule has 0 amide bonds. The Morgan fingerprint density at radius 2 is 1.30 bits per heavy atom. The highest BCUT2D eigenvalue weighted by molar-refractivity contribution is 5.18. The second-order valence-electron chi connectivity index (χ2n) is 3.04. The van der Waals surface area contributed by atoms with Crippen molar-refractivity contribution in [1.29, 1.82) is 0 Å². The Bertz CT molecular complexity index is 174. The van der Waals surface area contributed by atoms with E-state index in [1.807, 2.05) is 0 Å².